The number of hydrogen-bond donors (Lipinski definition) is 1. The van der Waals surface area contributed by atoms with Gasteiger partial charge in [0.1, 0.15) is 6.33 Å². The van der Waals surface area contributed by atoms with E-state index >= 15 is 0 Å². The Morgan fingerprint density at radius 1 is 1.57 bits per heavy atom. The summed E-state index contributed by atoms with van der Waals surface area (Å²) in [7, 11) is 0. The van der Waals surface area contributed by atoms with Crippen molar-refractivity contribution in [1.82, 2.24) is 15.0 Å². The van der Waals surface area contributed by atoms with Crippen LogP contribution in [0.15, 0.2) is 6.33 Å². The Kier molecular flexibility index (Phi) is 2.47. The van der Waals surface area contributed by atoms with Gasteiger partial charge < -0.3 is 10.6 Å². The van der Waals surface area contributed by atoms with E-state index in [1.165, 1.54) is 19.2 Å². The van der Waals surface area contributed by atoms with Crippen molar-refractivity contribution in [3.05, 3.63) is 6.33 Å². The zero-order valence-electron chi connectivity index (χ0n) is 8.35. The highest BCUT2D eigenvalue weighted by molar-refractivity contribution is 5.34. The van der Waals surface area contributed by atoms with Crippen LogP contribution in [0.25, 0.3) is 0 Å². The number of nitrogens with zero attached hydrogens (tertiary/aromatic N) is 4. The molecule has 76 valence electrons. The molecule has 0 aliphatic carbocycles. The second-order valence-corrected chi connectivity index (χ2v) is 3.65. The molecule has 1 atom stereocenters. The van der Waals surface area contributed by atoms with Crippen molar-refractivity contribution in [2.75, 3.05) is 23.7 Å². The second-order valence-electron chi connectivity index (χ2n) is 3.65. The van der Waals surface area contributed by atoms with Gasteiger partial charge in [-0.2, -0.15) is 4.98 Å². The molecule has 2 rings (SSSR count). The molecule has 2 N–H and O–H groups in total. The van der Waals surface area contributed by atoms with Gasteiger partial charge in [0.05, 0.1) is 0 Å². The molecule has 1 fully saturated rings. The molecule has 1 unspecified atom stereocenters. The molecule has 5 heteroatoms. The van der Waals surface area contributed by atoms with Gasteiger partial charge in [-0.25, -0.2) is 9.97 Å². The van der Waals surface area contributed by atoms with Crippen molar-refractivity contribution >= 4 is 11.9 Å². The second kappa shape index (κ2) is 3.77. The fourth-order valence-corrected chi connectivity index (χ4v) is 1.80. The summed E-state index contributed by atoms with van der Waals surface area (Å²) in [5, 5.41) is 0. The van der Waals surface area contributed by atoms with Crippen molar-refractivity contribution in [3.63, 3.8) is 0 Å². The molecule has 0 bridgehead atoms. The fourth-order valence-electron chi connectivity index (χ4n) is 1.80. The highest BCUT2D eigenvalue weighted by atomic mass is 15.3. The van der Waals surface area contributed by atoms with Gasteiger partial charge in [-0.05, 0) is 12.3 Å². The van der Waals surface area contributed by atoms with E-state index in [9.17, 15) is 0 Å². The number of anilines is 2. The zero-order valence-corrected chi connectivity index (χ0v) is 8.35. The summed E-state index contributed by atoms with van der Waals surface area (Å²) in [6.45, 7) is 4.29. The minimum absolute atomic E-state index is 0.301. The van der Waals surface area contributed by atoms with Gasteiger partial charge in [-0.15, -0.1) is 0 Å². The summed E-state index contributed by atoms with van der Waals surface area (Å²) in [5.41, 5.74) is 5.50. The minimum atomic E-state index is 0.301. The van der Waals surface area contributed by atoms with E-state index in [1.807, 2.05) is 0 Å². The lowest BCUT2D eigenvalue weighted by molar-refractivity contribution is 0.568. The first-order chi connectivity index (χ1) is 6.79. The van der Waals surface area contributed by atoms with Crippen LogP contribution in [0.1, 0.15) is 19.8 Å². The van der Waals surface area contributed by atoms with E-state index in [0.29, 0.717) is 11.9 Å². The van der Waals surface area contributed by atoms with Crippen LogP contribution < -0.4 is 10.6 Å². The first-order valence-corrected chi connectivity index (χ1v) is 4.99. The summed E-state index contributed by atoms with van der Waals surface area (Å²) in [5.74, 6) is 1.79. The van der Waals surface area contributed by atoms with Crippen LogP contribution in [0.4, 0.5) is 11.9 Å². The van der Waals surface area contributed by atoms with E-state index in [0.717, 1.165) is 19.0 Å². The van der Waals surface area contributed by atoms with E-state index in [1.54, 1.807) is 0 Å². The van der Waals surface area contributed by atoms with Crippen LogP contribution >= 0.6 is 0 Å². The van der Waals surface area contributed by atoms with Gasteiger partial charge in [0.15, 0.2) is 0 Å². The Hall–Kier alpha value is -1.39. The molecule has 1 aliphatic rings. The van der Waals surface area contributed by atoms with Gasteiger partial charge in [-0.3, -0.25) is 0 Å². The first-order valence-electron chi connectivity index (χ1n) is 4.99. The lowest BCUT2D eigenvalue weighted by Crippen LogP contribution is -2.22. The first kappa shape index (κ1) is 9.18. The third-order valence-corrected chi connectivity index (χ3v) is 2.72. The lowest BCUT2D eigenvalue weighted by Gasteiger charge is -2.15. The smallest absolute Gasteiger partial charge is 0.230 e. The maximum atomic E-state index is 5.50. The molecule has 1 aromatic heterocycles. The number of aromatic nitrogens is 3. The Morgan fingerprint density at radius 2 is 2.43 bits per heavy atom. The molecule has 0 saturated carbocycles. The molecule has 0 radical (unpaired) electrons. The van der Waals surface area contributed by atoms with Gasteiger partial charge in [0.2, 0.25) is 11.9 Å². The number of nitrogen functional groups attached to an aromatic ring is 1. The molecule has 1 aromatic rings. The largest absolute Gasteiger partial charge is 0.368 e. The van der Waals surface area contributed by atoms with Crippen LogP contribution in [0, 0.1) is 5.92 Å². The predicted octanol–water partition coefficient (Wildman–Crippen LogP) is 0.690. The molecular formula is C9H15N5. The van der Waals surface area contributed by atoms with E-state index < -0.39 is 0 Å². The number of hydrogen-bond acceptors (Lipinski definition) is 5. The molecule has 14 heavy (non-hydrogen) atoms. The Labute approximate surface area is 83.4 Å². The summed E-state index contributed by atoms with van der Waals surface area (Å²) < 4.78 is 0. The van der Waals surface area contributed by atoms with Gasteiger partial charge >= 0.3 is 0 Å². The maximum Gasteiger partial charge on any atom is 0.230 e. The third kappa shape index (κ3) is 1.76. The molecular weight excluding hydrogens is 178 g/mol. The van der Waals surface area contributed by atoms with Crippen molar-refractivity contribution in [1.29, 1.82) is 0 Å². The molecule has 0 amide bonds. The van der Waals surface area contributed by atoms with Crippen LogP contribution in [0.5, 0.6) is 0 Å². The summed E-state index contributed by atoms with van der Waals surface area (Å²) >= 11 is 0. The van der Waals surface area contributed by atoms with E-state index in [4.69, 9.17) is 5.73 Å². The minimum Gasteiger partial charge on any atom is -0.368 e. The molecule has 5 nitrogen and oxygen atoms in total. The average Bonchev–Trinajstić information content (AvgIpc) is 2.66. The van der Waals surface area contributed by atoms with Gasteiger partial charge in [-0.1, -0.05) is 13.3 Å². The molecule has 0 spiro atoms. The molecule has 1 saturated heterocycles. The maximum absolute atomic E-state index is 5.50. The molecule has 1 aliphatic heterocycles. The van der Waals surface area contributed by atoms with Gasteiger partial charge in [0, 0.05) is 13.1 Å². The van der Waals surface area contributed by atoms with Crippen molar-refractivity contribution in [2.45, 2.75) is 19.8 Å². The van der Waals surface area contributed by atoms with E-state index in [2.05, 4.69) is 26.8 Å². The van der Waals surface area contributed by atoms with Crippen LogP contribution in [0.3, 0.4) is 0 Å². The van der Waals surface area contributed by atoms with Crippen LogP contribution in [0.2, 0.25) is 0 Å². The van der Waals surface area contributed by atoms with E-state index in [-0.39, 0.29) is 0 Å². The third-order valence-electron chi connectivity index (χ3n) is 2.72. The van der Waals surface area contributed by atoms with Crippen molar-refractivity contribution < 1.29 is 0 Å². The monoisotopic (exact) mass is 193 g/mol. The molecule has 2 heterocycles. The Bertz CT molecular complexity index is 314. The normalized spacial score (nSPS) is 21.5. The topological polar surface area (TPSA) is 67.9 Å². The van der Waals surface area contributed by atoms with Gasteiger partial charge in [0.25, 0.3) is 0 Å². The van der Waals surface area contributed by atoms with Crippen molar-refractivity contribution in [3.8, 4) is 0 Å². The van der Waals surface area contributed by atoms with Crippen LogP contribution in [-0.4, -0.2) is 28.0 Å². The average molecular weight is 193 g/mol. The summed E-state index contributed by atoms with van der Waals surface area (Å²) in [6, 6.07) is 0. The predicted molar refractivity (Wildman–Crippen MR) is 54.9 cm³/mol. The SMILES string of the molecule is CCC1CCN(c2ncnc(N)n2)C1. The highest BCUT2D eigenvalue weighted by Crippen LogP contribution is 2.22. The number of nitrogens with two attached hydrogens (primary N) is 1. The molecule has 0 aromatic carbocycles. The summed E-state index contributed by atoms with van der Waals surface area (Å²) in [4.78, 5) is 14.2. The van der Waals surface area contributed by atoms with Crippen molar-refractivity contribution in [2.24, 2.45) is 5.92 Å². The lowest BCUT2D eigenvalue weighted by atomic mass is 10.1. The summed E-state index contributed by atoms with van der Waals surface area (Å²) in [6.07, 6.45) is 3.91. The highest BCUT2D eigenvalue weighted by Gasteiger charge is 2.22. The standard InChI is InChI=1S/C9H15N5/c1-2-7-3-4-14(5-7)9-12-6-11-8(10)13-9/h6-7H,2-5H2,1H3,(H2,10,11,12,13). The Morgan fingerprint density at radius 3 is 3.07 bits per heavy atom. The quantitative estimate of drug-likeness (QED) is 0.748. The Balaban J connectivity index is 2.09. The van der Waals surface area contributed by atoms with Crippen LogP contribution in [-0.2, 0) is 0 Å². The number of rotatable bonds is 2. The zero-order chi connectivity index (χ0) is 9.97. The fraction of sp³-hybridized carbons (Fsp3) is 0.667.